The molecule has 0 radical (unpaired) electrons. The number of aldehydes is 1. The van der Waals surface area contributed by atoms with Gasteiger partial charge < -0.3 is 0 Å². The summed E-state index contributed by atoms with van der Waals surface area (Å²) in [5, 5.41) is 0.869. The molecule has 3 heteroatoms. The van der Waals surface area contributed by atoms with E-state index >= 15 is 0 Å². The molecule has 0 aliphatic carbocycles. The van der Waals surface area contributed by atoms with Gasteiger partial charge in [0, 0.05) is 0 Å². The molecule has 0 unspecified atom stereocenters. The standard InChI is InChI=1S/C10H7NOS/c12-7-3-6-10-11-8-4-1-2-5-9(8)13-10/h1-7H/b6-3-. The Balaban J connectivity index is 2.49. The van der Waals surface area contributed by atoms with E-state index in [4.69, 9.17) is 0 Å². The van der Waals surface area contributed by atoms with Crippen molar-refractivity contribution in [3.8, 4) is 0 Å². The fourth-order valence-electron chi connectivity index (χ4n) is 1.08. The van der Waals surface area contributed by atoms with Gasteiger partial charge in [-0.05, 0) is 24.3 Å². The number of carbonyl (C=O) groups excluding carboxylic acids is 1. The largest absolute Gasteiger partial charge is 0.299 e. The maximum absolute atomic E-state index is 10.1. The minimum absolute atomic E-state index is 0.756. The van der Waals surface area contributed by atoms with E-state index in [1.54, 1.807) is 17.4 Å². The van der Waals surface area contributed by atoms with Crippen molar-refractivity contribution in [3.05, 3.63) is 35.3 Å². The zero-order chi connectivity index (χ0) is 9.10. The quantitative estimate of drug-likeness (QED) is 0.536. The Labute approximate surface area is 79.5 Å². The van der Waals surface area contributed by atoms with E-state index in [9.17, 15) is 4.79 Å². The number of nitrogens with zero attached hydrogens (tertiary/aromatic N) is 1. The Morgan fingerprint density at radius 2 is 2.15 bits per heavy atom. The topological polar surface area (TPSA) is 30.0 Å². The Kier molecular flexibility index (Phi) is 2.19. The number of aromatic nitrogens is 1. The first kappa shape index (κ1) is 8.13. The molecule has 0 saturated heterocycles. The number of allylic oxidation sites excluding steroid dienone is 1. The van der Waals surface area contributed by atoms with Gasteiger partial charge in [0.25, 0.3) is 0 Å². The molecule has 2 nitrogen and oxygen atoms in total. The first-order chi connectivity index (χ1) is 6.40. The summed E-state index contributed by atoms with van der Waals surface area (Å²) in [7, 11) is 0. The summed E-state index contributed by atoms with van der Waals surface area (Å²) in [6.45, 7) is 0. The van der Waals surface area contributed by atoms with Crippen LogP contribution in [0, 0.1) is 0 Å². The van der Waals surface area contributed by atoms with E-state index in [0.29, 0.717) is 0 Å². The third-order valence-electron chi connectivity index (χ3n) is 1.63. The first-order valence-electron chi connectivity index (χ1n) is 3.87. The van der Waals surface area contributed by atoms with Crippen molar-refractivity contribution in [1.29, 1.82) is 0 Å². The number of rotatable bonds is 2. The lowest BCUT2D eigenvalue weighted by Gasteiger charge is -1.80. The maximum Gasteiger partial charge on any atom is 0.142 e. The highest BCUT2D eigenvalue weighted by Gasteiger charge is 1.98. The molecule has 0 fully saturated rings. The van der Waals surface area contributed by atoms with Crippen molar-refractivity contribution in [2.24, 2.45) is 0 Å². The van der Waals surface area contributed by atoms with Crippen LogP contribution in [0.25, 0.3) is 16.3 Å². The molecule has 1 heterocycles. The third-order valence-corrected chi connectivity index (χ3v) is 2.63. The molecular weight excluding hydrogens is 182 g/mol. The summed E-state index contributed by atoms with van der Waals surface area (Å²) >= 11 is 1.58. The SMILES string of the molecule is O=C/C=C\c1nc2ccccc2s1. The van der Waals surface area contributed by atoms with Crippen LogP contribution in [-0.4, -0.2) is 11.3 Å². The molecule has 2 aromatic rings. The van der Waals surface area contributed by atoms with Gasteiger partial charge in [0.2, 0.25) is 0 Å². The summed E-state index contributed by atoms with van der Waals surface area (Å²) < 4.78 is 1.15. The zero-order valence-electron chi connectivity index (χ0n) is 6.81. The lowest BCUT2D eigenvalue weighted by Crippen LogP contribution is -1.68. The number of carbonyl (C=O) groups is 1. The predicted molar refractivity (Wildman–Crippen MR) is 54.7 cm³/mol. The van der Waals surface area contributed by atoms with Crippen molar-refractivity contribution in [2.75, 3.05) is 0 Å². The number of fused-ring (bicyclic) bond motifs is 1. The molecular formula is C10H7NOS. The van der Waals surface area contributed by atoms with Crippen molar-refractivity contribution >= 4 is 33.9 Å². The van der Waals surface area contributed by atoms with Crippen LogP contribution >= 0.6 is 11.3 Å². The van der Waals surface area contributed by atoms with Crippen LogP contribution in [0.1, 0.15) is 5.01 Å². The van der Waals surface area contributed by atoms with E-state index in [-0.39, 0.29) is 0 Å². The summed E-state index contributed by atoms with van der Waals surface area (Å²) in [5.41, 5.74) is 0.984. The highest BCUT2D eigenvalue weighted by Crippen LogP contribution is 2.21. The number of benzene rings is 1. The lowest BCUT2D eigenvalue weighted by atomic mass is 10.3. The Morgan fingerprint density at radius 3 is 2.92 bits per heavy atom. The maximum atomic E-state index is 10.1. The van der Waals surface area contributed by atoms with Crippen LogP contribution in [0.3, 0.4) is 0 Å². The number of para-hydroxylation sites is 1. The summed E-state index contributed by atoms with van der Waals surface area (Å²) in [4.78, 5) is 14.4. The molecule has 0 atom stereocenters. The highest BCUT2D eigenvalue weighted by molar-refractivity contribution is 7.19. The van der Waals surface area contributed by atoms with Crippen LogP contribution in [0.15, 0.2) is 30.3 Å². The van der Waals surface area contributed by atoms with Crippen molar-refractivity contribution in [2.45, 2.75) is 0 Å². The summed E-state index contributed by atoms with van der Waals surface area (Å²) in [6.07, 6.45) is 3.93. The molecule has 0 spiro atoms. The van der Waals surface area contributed by atoms with Crippen LogP contribution in [0.4, 0.5) is 0 Å². The monoisotopic (exact) mass is 189 g/mol. The van der Waals surface area contributed by atoms with Crippen LogP contribution < -0.4 is 0 Å². The smallest absolute Gasteiger partial charge is 0.142 e. The molecule has 0 aliphatic rings. The molecule has 1 aromatic heterocycles. The van der Waals surface area contributed by atoms with Gasteiger partial charge in [0.1, 0.15) is 11.3 Å². The molecule has 2 rings (SSSR count). The van der Waals surface area contributed by atoms with Gasteiger partial charge in [0.05, 0.1) is 10.2 Å². The van der Waals surface area contributed by atoms with E-state index in [1.165, 1.54) is 6.08 Å². The number of hydrogen-bond donors (Lipinski definition) is 0. The number of hydrogen-bond acceptors (Lipinski definition) is 3. The second-order valence-electron chi connectivity index (χ2n) is 2.52. The summed E-state index contributed by atoms with van der Waals surface area (Å²) in [5.74, 6) is 0. The number of thiazole rings is 1. The Morgan fingerprint density at radius 1 is 1.31 bits per heavy atom. The van der Waals surface area contributed by atoms with Crippen molar-refractivity contribution < 1.29 is 4.79 Å². The Hall–Kier alpha value is -1.48. The van der Waals surface area contributed by atoms with Gasteiger partial charge in [-0.1, -0.05) is 12.1 Å². The molecule has 0 amide bonds. The molecule has 0 bridgehead atoms. The van der Waals surface area contributed by atoms with Gasteiger partial charge in [0.15, 0.2) is 0 Å². The average Bonchev–Trinajstić information content (AvgIpc) is 2.57. The molecule has 0 aliphatic heterocycles. The summed E-state index contributed by atoms with van der Waals surface area (Å²) in [6, 6.07) is 7.92. The minimum Gasteiger partial charge on any atom is -0.299 e. The van der Waals surface area contributed by atoms with Crippen LogP contribution in [-0.2, 0) is 4.79 Å². The van der Waals surface area contributed by atoms with E-state index in [1.807, 2.05) is 24.3 Å². The van der Waals surface area contributed by atoms with Gasteiger partial charge in [-0.15, -0.1) is 11.3 Å². The fourth-order valence-corrected chi connectivity index (χ4v) is 1.96. The van der Waals surface area contributed by atoms with Crippen LogP contribution in [0.5, 0.6) is 0 Å². The van der Waals surface area contributed by atoms with Crippen molar-refractivity contribution in [1.82, 2.24) is 4.98 Å². The molecule has 64 valence electrons. The molecule has 1 aromatic carbocycles. The lowest BCUT2D eigenvalue weighted by molar-refractivity contribution is -0.104. The molecule has 0 N–H and O–H groups in total. The average molecular weight is 189 g/mol. The second kappa shape index (κ2) is 3.49. The van der Waals surface area contributed by atoms with E-state index in [0.717, 1.165) is 21.5 Å². The molecule has 0 saturated carbocycles. The minimum atomic E-state index is 0.756. The van der Waals surface area contributed by atoms with Gasteiger partial charge in [-0.3, -0.25) is 4.79 Å². The normalized spacial score (nSPS) is 11.1. The predicted octanol–water partition coefficient (Wildman–Crippen LogP) is 2.51. The van der Waals surface area contributed by atoms with Crippen LogP contribution in [0.2, 0.25) is 0 Å². The third kappa shape index (κ3) is 1.65. The van der Waals surface area contributed by atoms with Crippen molar-refractivity contribution in [3.63, 3.8) is 0 Å². The highest BCUT2D eigenvalue weighted by atomic mass is 32.1. The van der Waals surface area contributed by atoms with E-state index in [2.05, 4.69) is 4.98 Å². The van der Waals surface area contributed by atoms with Gasteiger partial charge in [-0.2, -0.15) is 0 Å². The fraction of sp³-hybridized carbons (Fsp3) is 0. The zero-order valence-corrected chi connectivity index (χ0v) is 7.62. The van der Waals surface area contributed by atoms with Gasteiger partial charge >= 0.3 is 0 Å². The van der Waals surface area contributed by atoms with Gasteiger partial charge in [-0.25, -0.2) is 4.98 Å². The second-order valence-corrected chi connectivity index (χ2v) is 3.58. The first-order valence-corrected chi connectivity index (χ1v) is 4.69. The Bertz CT molecular complexity index is 426. The molecule has 13 heavy (non-hydrogen) atoms. The van der Waals surface area contributed by atoms with E-state index < -0.39 is 0 Å².